The summed E-state index contributed by atoms with van der Waals surface area (Å²) in [5, 5.41) is 3.18. The summed E-state index contributed by atoms with van der Waals surface area (Å²) in [6.45, 7) is 2.18. The largest absolute Gasteiger partial charge is 0.352 e. The van der Waals surface area contributed by atoms with Gasteiger partial charge in [0, 0.05) is 39.8 Å². The number of nitrogens with zero attached hydrogens (tertiary/aromatic N) is 3. The summed E-state index contributed by atoms with van der Waals surface area (Å²) in [5.74, 6) is 0.138. The minimum atomic E-state index is 0.0310. The molecular weight excluding hydrogens is 292 g/mol. The highest BCUT2D eigenvalue weighted by Gasteiger charge is 2.28. The zero-order valence-electron chi connectivity index (χ0n) is 14.9. The number of carbonyl (C=O) groups excluding carboxylic acids is 2. The van der Waals surface area contributed by atoms with Crippen LogP contribution in [0.5, 0.6) is 0 Å². The van der Waals surface area contributed by atoms with Gasteiger partial charge in [-0.25, -0.2) is 4.79 Å². The van der Waals surface area contributed by atoms with Gasteiger partial charge >= 0.3 is 6.03 Å². The number of amides is 3. The highest BCUT2D eigenvalue weighted by atomic mass is 16.2. The molecule has 0 aromatic heterocycles. The first-order valence-corrected chi connectivity index (χ1v) is 8.93. The maximum Gasteiger partial charge on any atom is 0.319 e. The molecule has 2 fully saturated rings. The minimum absolute atomic E-state index is 0.0310. The standard InChI is InChI=1S/C17H32N4O2/c1-19(2)17(23)20(3)15-10-7-11-21(12-15)13-16(22)18-14-8-5-4-6-9-14/h14-15H,4-13H2,1-3H3,(H,18,22). The molecule has 1 unspecified atom stereocenters. The Kier molecular flexibility index (Phi) is 6.69. The van der Waals surface area contributed by atoms with Crippen LogP contribution in [-0.4, -0.2) is 79.5 Å². The van der Waals surface area contributed by atoms with E-state index < -0.39 is 0 Å². The third-order valence-electron chi connectivity index (χ3n) is 5.05. The summed E-state index contributed by atoms with van der Waals surface area (Å²) < 4.78 is 0. The van der Waals surface area contributed by atoms with Gasteiger partial charge < -0.3 is 15.1 Å². The van der Waals surface area contributed by atoms with Crippen LogP contribution in [0, 0.1) is 0 Å². The average Bonchev–Trinajstić information content (AvgIpc) is 2.54. The molecular formula is C17H32N4O2. The molecule has 6 heteroatoms. The third-order valence-corrected chi connectivity index (χ3v) is 5.05. The van der Waals surface area contributed by atoms with E-state index >= 15 is 0 Å². The zero-order chi connectivity index (χ0) is 16.8. The van der Waals surface area contributed by atoms with Crippen LogP contribution in [0.25, 0.3) is 0 Å². The van der Waals surface area contributed by atoms with Crippen molar-refractivity contribution < 1.29 is 9.59 Å². The lowest BCUT2D eigenvalue weighted by atomic mass is 9.95. The van der Waals surface area contributed by atoms with Crippen molar-refractivity contribution in [2.24, 2.45) is 0 Å². The van der Waals surface area contributed by atoms with Crippen LogP contribution < -0.4 is 5.32 Å². The quantitative estimate of drug-likeness (QED) is 0.853. The summed E-state index contributed by atoms with van der Waals surface area (Å²) in [4.78, 5) is 29.9. The van der Waals surface area contributed by atoms with E-state index in [4.69, 9.17) is 0 Å². The van der Waals surface area contributed by atoms with E-state index in [1.807, 2.05) is 11.9 Å². The van der Waals surface area contributed by atoms with Gasteiger partial charge in [-0.15, -0.1) is 0 Å². The summed E-state index contributed by atoms with van der Waals surface area (Å²) in [7, 11) is 5.41. The number of likely N-dealkylation sites (N-methyl/N-ethyl adjacent to an activating group) is 1. The van der Waals surface area contributed by atoms with Crippen molar-refractivity contribution in [1.82, 2.24) is 20.0 Å². The topological polar surface area (TPSA) is 55.9 Å². The number of hydrogen-bond donors (Lipinski definition) is 1. The Labute approximate surface area is 140 Å². The van der Waals surface area contributed by atoms with Crippen molar-refractivity contribution in [3.05, 3.63) is 0 Å². The van der Waals surface area contributed by atoms with Gasteiger partial charge in [0.05, 0.1) is 6.54 Å². The number of nitrogens with one attached hydrogen (secondary N) is 1. The monoisotopic (exact) mass is 324 g/mol. The molecule has 1 saturated carbocycles. The molecule has 23 heavy (non-hydrogen) atoms. The Morgan fingerprint density at radius 3 is 2.39 bits per heavy atom. The van der Waals surface area contributed by atoms with E-state index in [1.54, 1.807) is 19.0 Å². The Hall–Kier alpha value is -1.30. The first-order chi connectivity index (χ1) is 11.0. The lowest BCUT2D eigenvalue weighted by Gasteiger charge is -2.38. The summed E-state index contributed by atoms with van der Waals surface area (Å²) in [5.41, 5.74) is 0. The fourth-order valence-corrected chi connectivity index (χ4v) is 3.69. The summed E-state index contributed by atoms with van der Waals surface area (Å²) in [6, 6.07) is 0.597. The maximum atomic E-state index is 12.3. The Morgan fingerprint density at radius 2 is 1.74 bits per heavy atom. The molecule has 2 rings (SSSR count). The first kappa shape index (κ1) is 18.0. The van der Waals surface area contributed by atoms with E-state index in [1.165, 1.54) is 19.3 Å². The SMILES string of the molecule is CN(C)C(=O)N(C)C1CCCN(CC(=O)NC2CCCCC2)C1. The second-order valence-corrected chi connectivity index (χ2v) is 7.22. The number of rotatable bonds is 4. The van der Waals surface area contributed by atoms with Gasteiger partial charge in [-0.05, 0) is 32.2 Å². The number of carbonyl (C=O) groups is 2. The molecule has 1 heterocycles. The number of piperidine rings is 1. The Bertz CT molecular complexity index is 407. The van der Waals surface area contributed by atoms with Gasteiger partial charge in [0.25, 0.3) is 0 Å². The fourth-order valence-electron chi connectivity index (χ4n) is 3.69. The molecule has 3 amide bonds. The molecule has 0 aromatic rings. The molecule has 1 atom stereocenters. The molecule has 1 aliphatic carbocycles. The van der Waals surface area contributed by atoms with Crippen molar-refractivity contribution in [3.63, 3.8) is 0 Å². The van der Waals surface area contributed by atoms with Crippen LogP contribution in [0.15, 0.2) is 0 Å². The van der Waals surface area contributed by atoms with E-state index in [0.717, 1.165) is 38.8 Å². The molecule has 6 nitrogen and oxygen atoms in total. The second-order valence-electron chi connectivity index (χ2n) is 7.22. The highest BCUT2D eigenvalue weighted by Crippen LogP contribution is 2.18. The Morgan fingerprint density at radius 1 is 1.04 bits per heavy atom. The van der Waals surface area contributed by atoms with Crippen LogP contribution in [-0.2, 0) is 4.79 Å². The lowest BCUT2D eigenvalue weighted by Crippen LogP contribution is -2.53. The number of hydrogen-bond acceptors (Lipinski definition) is 3. The van der Waals surface area contributed by atoms with Gasteiger partial charge in [0.15, 0.2) is 0 Å². The van der Waals surface area contributed by atoms with Crippen LogP contribution in [0.2, 0.25) is 0 Å². The maximum absolute atomic E-state index is 12.3. The average molecular weight is 324 g/mol. The van der Waals surface area contributed by atoms with Gasteiger partial charge in [0.2, 0.25) is 5.91 Å². The molecule has 1 N–H and O–H groups in total. The van der Waals surface area contributed by atoms with Crippen molar-refractivity contribution >= 4 is 11.9 Å². The van der Waals surface area contributed by atoms with Crippen LogP contribution in [0.1, 0.15) is 44.9 Å². The van der Waals surface area contributed by atoms with Crippen LogP contribution in [0.4, 0.5) is 4.79 Å². The predicted octanol–water partition coefficient (Wildman–Crippen LogP) is 1.51. The molecule has 0 spiro atoms. The smallest absolute Gasteiger partial charge is 0.319 e. The summed E-state index contributed by atoms with van der Waals surface area (Å²) in [6.07, 6.45) is 8.04. The number of urea groups is 1. The van der Waals surface area contributed by atoms with E-state index in [-0.39, 0.29) is 18.0 Å². The molecule has 2 aliphatic rings. The predicted molar refractivity (Wildman–Crippen MR) is 91.3 cm³/mol. The Balaban J connectivity index is 1.78. The molecule has 1 saturated heterocycles. The van der Waals surface area contributed by atoms with Crippen molar-refractivity contribution in [3.8, 4) is 0 Å². The lowest BCUT2D eigenvalue weighted by molar-refractivity contribution is -0.123. The second kappa shape index (κ2) is 8.52. The zero-order valence-corrected chi connectivity index (χ0v) is 14.9. The van der Waals surface area contributed by atoms with E-state index in [0.29, 0.717) is 12.6 Å². The molecule has 132 valence electrons. The normalized spacial score (nSPS) is 23.3. The minimum Gasteiger partial charge on any atom is -0.352 e. The van der Waals surface area contributed by atoms with E-state index in [2.05, 4.69) is 10.2 Å². The van der Waals surface area contributed by atoms with Gasteiger partial charge in [-0.2, -0.15) is 0 Å². The molecule has 0 radical (unpaired) electrons. The first-order valence-electron chi connectivity index (χ1n) is 8.93. The third kappa shape index (κ3) is 5.37. The van der Waals surface area contributed by atoms with Crippen molar-refractivity contribution in [2.75, 3.05) is 40.8 Å². The highest BCUT2D eigenvalue weighted by molar-refractivity contribution is 5.78. The van der Waals surface area contributed by atoms with Crippen molar-refractivity contribution in [1.29, 1.82) is 0 Å². The van der Waals surface area contributed by atoms with E-state index in [9.17, 15) is 9.59 Å². The van der Waals surface area contributed by atoms with Gasteiger partial charge in [-0.3, -0.25) is 9.69 Å². The molecule has 1 aliphatic heterocycles. The summed E-state index contributed by atoms with van der Waals surface area (Å²) >= 11 is 0. The van der Waals surface area contributed by atoms with Crippen LogP contribution in [0.3, 0.4) is 0 Å². The molecule has 0 bridgehead atoms. The molecule has 0 aromatic carbocycles. The fraction of sp³-hybridized carbons (Fsp3) is 0.882. The van der Waals surface area contributed by atoms with Gasteiger partial charge in [0.1, 0.15) is 0 Å². The van der Waals surface area contributed by atoms with Gasteiger partial charge in [-0.1, -0.05) is 19.3 Å². The number of likely N-dealkylation sites (tertiary alicyclic amines) is 1. The van der Waals surface area contributed by atoms with Crippen LogP contribution >= 0.6 is 0 Å². The van der Waals surface area contributed by atoms with Crippen molar-refractivity contribution in [2.45, 2.75) is 57.0 Å².